The van der Waals surface area contributed by atoms with Crippen LogP contribution in [0.5, 0.6) is 0 Å². The third-order valence-electron chi connectivity index (χ3n) is 1.91. The first-order valence-electron chi connectivity index (χ1n) is 4.29. The second kappa shape index (κ2) is 3.80. The minimum atomic E-state index is -0.127. The summed E-state index contributed by atoms with van der Waals surface area (Å²) in [5, 5.41) is 1.73. The lowest BCUT2D eigenvalue weighted by atomic mass is 10.3. The van der Waals surface area contributed by atoms with Crippen LogP contribution >= 0.6 is 11.8 Å². The molecule has 70 valence electrons. The maximum atomic E-state index is 11.5. The van der Waals surface area contributed by atoms with E-state index in [0.29, 0.717) is 0 Å². The number of hydrogen-bond acceptors (Lipinski definition) is 2. The van der Waals surface area contributed by atoms with Crippen LogP contribution in [-0.4, -0.2) is 11.7 Å². The summed E-state index contributed by atoms with van der Waals surface area (Å²) in [7, 11) is 0. The fourth-order valence-corrected chi connectivity index (χ4v) is 2.10. The summed E-state index contributed by atoms with van der Waals surface area (Å²) in [6, 6.07) is 7.59. The number of carbonyl (C=O) groups excluding carboxylic acids is 1. The number of fused-ring (bicyclic) bond motifs is 1. The Morgan fingerprint density at radius 3 is 3.00 bits per heavy atom. The summed E-state index contributed by atoms with van der Waals surface area (Å²) in [4.78, 5) is 16.2. The normalized spacial score (nSPS) is 13.7. The zero-order valence-electron chi connectivity index (χ0n) is 7.56. The van der Waals surface area contributed by atoms with Gasteiger partial charge in [-0.15, -0.1) is 18.3 Å². The Bertz CT molecular complexity index is 504. The zero-order valence-corrected chi connectivity index (χ0v) is 8.38. The van der Waals surface area contributed by atoms with E-state index in [-0.39, 0.29) is 5.91 Å². The molecule has 1 aliphatic heterocycles. The Morgan fingerprint density at radius 2 is 2.21 bits per heavy atom. The van der Waals surface area contributed by atoms with Crippen molar-refractivity contribution in [2.45, 2.75) is 0 Å². The largest absolute Gasteiger partial charge is 0.284 e. The summed E-state index contributed by atoms with van der Waals surface area (Å²) in [5.41, 5.74) is 0. The zero-order chi connectivity index (χ0) is 9.97. The van der Waals surface area contributed by atoms with Gasteiger partial charge in [0.05, 0.1) is 10.3 Å². The average molecular weight is 203 g/mol. The molecule has 3 heteroatoms. The summed E-state index contributed by atoms with van der Waals surface area (Å²) in [6.07, 6.45) is 1.78. The molecule has 0 aromatic heterocycles. The van der Waals surface area contributed by atoms with Crippen molar-refractivity contribution in [1.29, 1.82) is 0 Å². The number of para-hydroxylation sites is 1. The van der Waals surface area contributed by atoms with Gasteiger partial charge in [-0.25, -0.2) is 4.99 Å². The molecule has 0 fully saturated rings. The third kappa shape index (κ3) is 1.51. The van der Waals surface area contributed by atoms with E-state index >= 15 is 0 Å². The molecule has 0 saturated carbocycles. The van der Waals surface area contributed by atoms with E-state index in [4.69, 9.17) is 0 Å². The van der Waals surface area contributed by atoms with Crippen LogP contribution in [0.15, 0.2) is 41.9 Å². The lowest BCUT2D eigenvalue weighted by Crippen LogP contribution is -2.21. The molecule has 1 aromatic rings. The molecule has 0 radical (unpaired) electrons. The van der Waals surface area contributed by atoms with E-state index in [0.717, 1.165) is 21.2 Å². The Hall–Kier alpha value is -1.35. The smallest absolute Gasteiger partial charge is 0.266 e. The van der Waals surface area contributed by atoms with E-state index in [1.54, 1.807) is 6.08 Å². The molecule has 0 N–H and O–H groups in total. The van der Waals surface area contributed by atoms with E-state index in [9.17, 15) is 4.79 Å². The highest BCUT2D eigenvalue weighted by molar-refractivity contribution is 8.09. The molecule has 0 bridgehead atoms. The van der Waals surface area contributed by atoms with E-state index in [1.807, 2.05) is 24.3 Å². The fraction of sp³-hybridized carbons (Fsp3) is 0.0909. The second-order valence-corrected chi connectivity index (χ2v) is 3.89. The van der Waals surface area contributed by atoms with Gasteiger partial charge in [0.25, 0.3) is 5.91 Å². The molecule has 1 heterocycles. The van der Waals surface area contributed by atoms with Crippen LogP contribution in [0, 0.1) is 0 Å². The lowest BCUT2D eigenvalue weighted by Gasteiger charge is -1.94. The van der Waals surface area contributed by atoms with Gasteiger partial charge in [-0.05, 0) is 6.07 Å². The Balaban J connectivity index is 2.54. The highest BCUT2D eigenvalue weighted by Gasteiger charge is 2.15. The minimum Gasteiger partial charge on any atom is -0.266 e. The summed E-state index contributed by atoms with van der Waals surface area (Å²) < 4.78 is 0. The molecule has 1 aliphatic rings. The van der Waals surface area contributed by atoms with Crippen molar-refractivity contribution in [2.24, 2.45) is 4.99 Å². The van der Waals surface area contributed by atoms with Crippen LogP contribution in [-0.2, 0) is 4.79 Å². The van der Waals surface area contributed by atoms with Crippen molar-refractivity contribution in [3.05, 3.63) is 47.5 Å². The van der Waals surface area contributed by atoms with Crippen LogP contribution in [0.1, 0.15) is 0 Å². The van der Waals surface area contributed by atoms with Gasteiger partial charge in [0.15, 0.2) is 0 Å². The molecular formula is C11H9NOS. The topological polar surface area (TPSA) is 29.4 Å². The van der Waals surface area contributed by atoms with Crippen molar-refractivity contribution >= 4 is 22.6 Å². The number of benzene rings is 1. The standard InChI is InChI=1S/C11H9NOS/c1-2-7-14-10-8-5-3-4-6-9(8)12-11(10)13/h2-6H,1,7H2. The number of thioether (sulfide) groups is 1. The highest BCUT2D eigenvalue weighted by atomic mass is 32.2. The number of rotatable bonds is 3. The van der Waals surface area contributed by atoms with Crippen LogP contribution in [0.4, 0.5) is 0 Å². The average Bonchev–Trinajstić information content (AvgIpc) is 2.51. The predicted molar refractivity (Wildman–Crippen MR) is 58.3 cm³/mol. The van der Waals surface area contributed by atoms with Gasteiger partial charge >= 0.3 is 0 Å². The van der Waals surface area contributed by atoms with Crippen molar-refractivity contribution in [2.75, 3.05) is 5.75 Å². The van der Waals surface area contributed by atoms with Gasteiger partial charge < -0.3 is 0 Å². The maximum absolute atomic E-state index is 11.5. The summed E-state index contributed by atoms with van der Waals surface area (Å²) >= 11 is 1.49. The SMILES string of the molecule is C=CCSC1=c2ccccc2=NC1=O. The molecule has 0 unspecified atom stereocenters. The maximum Gasteiger partial charge on any atom is 0.284 e. The first-order valence-corrected chi connectivity index (χ1v) is 5.27. The molecule has 1 aromatic carbocycles. The van der Waals surface area contributed by atoms with E-state index in [2.05, 4.69) is 11.6 Å². The van der Waals surface area contributed by atoms with Gasteiger partial charge in [0, 0.05) is 11.0 Å². The van der Waals surface area contributed by atoms with Crippen molar-refractivity contribution in [3.8, 4) is 0 Å². The molecular weight excluding hydrogens is 194 g/mol. The summed E-state index contributed by atoms with van der Waals surface area (Å²) in [6.45, 7) is 3.63. The first kappa shape index (κ1) is 9.21. The minimum absolute atomic E-state index is 0.127. The van der Waals surface area contributed by atoms with E-state index in [1.165, 1.54) is 11.8 Å². The summed E-state index contributed by atoms with van der Waals surface area (Å²) in [5.74, 6) is 0.614. The number of hydrogen-bond donors (Lipinski definition) is 0. The molecule has 2 nitrogen and oxygen atoms in total. The van der Waals surface area contributed by atoms with Gasteiger partial charge in [-0.2, -0.15) is 0 Å². The van der Waals surface area contributed by atoms with Crippen LogP contribution in [0.3, 0.4) is 0 Å². The van der Waals surface area contributed by atoms with Crippen LogP contribution in [0.2, 0.25) is 0 Å². The highest BCUT2D eigenvalue weighted by Crippen LogP contribution is 2.18. The van der Waals surface area contributed by atoms with Crippen molar-refractivity contribution in [3.63, 3.8) is 0 Å². The molecule has 0 atom stereocenters. The Kier molecular flexibility index (Phi) is 2.50. The Morgan fingerprint density at radius 1 is 1.43 bits per heavy atom. The molecule has 2 rings (SSSR count). The van der Waals surface area contributed by atoms with Gasteiger partial charge in [0.2, 0.25) is 0 Å². The predicted octanol–water partition coefficient (Wildman–Crippen LogP) is 0.874. The van der Waals surface area contributed by atoms with Crippen LogP contribution < -0.4 is 10.6 Å². The third-order valence-corrected chi connectivity index (χ3v) is 3.00. The molecule has 0 saturated heterocycles. The molecule has 0 spiro atoms. The van der Waals surface area contributed by atoms with Crippen molar-refractivity contribution in [1.82, 2.24) is 0 Å². The second-order valence-electron chi connectivity index (χ2n) is 2.86. The molecule has 14 heavy (non-hydrogen) atoms. The number of carbonyl (C=O) groups is 1. The van der Waals surface area contributed by atoms with Gasteiger partial charge in [0.1, 0.15) is 0 Å². The van der Waals surface area contributed by atoms with E-state index < -0.39 is 0 Å². The quantitative estimate of drug-likeness (QED) is 0.682. The monoisotopic (exact) mass is 203 g/mol. The van der Waals surface area contributed by atoms with Gasteiger partial charge in [-0.1, -0.05) is 24.3 Å². The molecule has 1 amide bonds. The van der Waals surface area contributed by atoms with Crippen LogP contribution in [0.25, 0.3) is 4.91 Å². The molecule has 0 aliphatic carbocycles. The number of amides is 1. The Labute approximate surface area is 86.1 Å². The fourth-order valence-electron chi connectivity index (χ4n) is 1.32. The van der Waals surface area contributed by atoms with Gasteiger partial charge in [-0.3, -0.25) is 4.79 Å². The van der Waals surface area contributed by atoms with Crippen molar-refractivity contribution < 1.29 is 4.79 Å². The first-order chi connectivity index (χ1) is 6.83. The number of nitrogens with zero attached hydrogens (tertiary/aromatic N) is 1. The lowest BCUT2D eigenvalue weighted by molar-refractivity contribution is -0.112.